The fraction of sp³-hybridized carbons (Fsp3) is 0.278. The Morgan fingerprint density at radius 3 is 2.67 bits per heavy atom. The van der Waals surface area contributed by atoms with Gasteiger partial charge in [-0.15, -0.1) is 0 Å². The van der Waals surface area contributed by atoms with Gasteiger partial charge in [0.05, 0.1) is 11.2 Å². The van der Waals surface area contributed by atoms with Crippen LogP contribution in [0.15, 0.2) is 41.5 Å². The molecule has 4 rings (SSSR count). The standard InChI is InChI=1S/C18H16F2N4/c1-10-8-13-15(21-9-10)16(24-23-13)14-11-6-4-5-7-12(11)18(19,20)17(2,3)22-14/h4-9H,1-3H3,(H,23,24). The summed E-state index contributed by atoms with van der Waals surface area (Å²) in [6, 6.07) is 8.39. The van der Waals surface area contributed by atoms with Gasteiger partial charge in [0.2, 0.25) is 0 Å². The van der Waals surface area contributed by atoms with E-state index in [2.05, 4.69) is 20.2 Å². The number of aryl methyl sites for hydroxylation is 1. The second kappa shape index (κ2) is 4.69. The zero-order valence-electron chi connectivity index (χ0n) is 13.6. The first-order valence-corrected chi connectivity index (χ1v) is 7.70. The van der Waals surface area contributed by atoms with Gasteiger partial charge < -0.3 is 0 Å². The second-order valence-corrected chi connectivity index (χ2v) is 6.62. The van der Waals surface area contributed by atoms with Crippen molar-refractivity contribution in [3.63, 3.8) is 0 Å². The molecule has 1 aliphatic heterocycles. The summed E-state index contributed by atoms with van der Waals surface area (Å²) in [6.07, 6.45) is 1.73. The summed E-state index contributed by atoms with van der Waals surface area (Å²) >= 11 is 0. The van der Waals surface area contributed by atoms with Crippen LogP contribution in [0.5, 0.6) is 0 Å². The third kappa shape index (κ3) is 1.92. The summed E-state index contributed by atoms with van der Waals surface area (Å²) in [6.45, 7) is 4.81. The summed E-state index contributed by atoms with van der Waals surface area (Å²) < 4.78 is 29.6. The van der Waals surface area contributed by atoms with Crippen molar-refractivity contribution in [2.24, 2.45) is 4.99 Å². The van der Waals surface area contributed by atoms with Crippen LogP contribution in [-0.4, -0.2) is 26.4 Å². The zero-order valence-corrected chi connectivity index (χ0v) is 13.6. The van der Waals surface area contributed by atoms with Crippen molar-refractivity contribution < 1.29 is 8.78 Å². The number of alkyl halides is 2. The summed E-state index contributed by atoms with van der Waals surface area (Å²) in [4.78, 5) is 8.78. The number of aliphatic imine (C=N–C) groups is 1. The highest BCUT2D eigenvalue weighted by atomic mass is 19.3. The first kappa shape index (κ1) is 14.9. The second-order valence-electron chi connectivity index (χ2n) is 6.62. The molecule has 0 radical (unpaired) electrons. The SMILES string of the molecule is Cc1cnc2c(C3=NC(C)(C)C(F)(F)c4ccccc43)n[nH]c2c1. The molecule has 0 atom stereocenters. The molecule has 0 bridgehead atoms. The van der Waals surface area contributed by atoms with Crippen LogP contribution in [0.2, 0.25) is 0 Å². The monoisotopic (exact) mass is 326 g/mol. The van der Waals surface area contributed by atoms with Gasteiger partial charge in [-0.2, -0.15) is 13.9 Å². The molecule has 0 aliphatic carbocycles. The largest absolute Gasteiger partial charge is 0.297 e. The number of hydrogen-bond acceptors (Lipinski definition) is 3. The number of hydrogen-bond donors (Lipinski definition) is 1. The highest BCUT2D eigenvalue weighted by Gasteiger charge is 2.53. The van der Waals surface area contributed by atoms with Crippen LogP contribution in [0.4, 0.5) is 8.78 Å². The molecule has 0 saturated carbocycles. The summed E-state index contributed by atoms with van der Waals surface area (Å²) in [5, 5.41) is 7.23. The zero-order chi connectivity index (χ0) is 17.1. The molecule has 3 heterocycles. The maximum absolute atomic E-state index is 14.8. The van der Waals surface area contributed by atoms with Gasteiger partial charge in [-0.05, 0) is 32.4 Å². The summed E-state index contributed by atoms with van der Waals surface area (Å²) in [5.41, 5.74) is 2.16. The van der Waals surface area contributed by atoms with Crippen LogP contribution in [-0.2, 0) is 5.92 Å². The van der Waals surface area contributed by atoms with E-state index in [1.54, 1.807) is 24.4 Å². The highest BCUT2D eigenvalue weighted by molar-refractivity contribution is 6.18. The van der Waals surface area contributed by atoms with E-state index in [0.29, 0.717) is 22.5 Å². The molecule has 0 saturated heterocycles. The normalized spacial score (nSPS) is 18.3. The van der Waals surface area contributed by atoms with Gasteiger partial charge in [-0.3, -0.25) is 15.1 Å². The molecular formula is C18H16F2N4. The first-order chi connectivity index (χ1) is 11.3. The molecule has 0 spiro atoms. The predicted molar refractivity (Wildman–Crippen MR) is 88.7 cm³/mol. The summed E-state index contributed by atoms with van der Waals surface area (Å²) in [7, 11) is 0. The number of nitrogens with zero attached hydrogens (tertiary/aromatic N) is 3. The number of fused-ring (bicyclic) bond motifs is 2. The first-order valence-electron chi connectivity index (χ1n) is 7.70. The minimum Gasteiger partial charge on any atom is -0.275 e. The molecule has 1 aromatic carbocycles. The quantitative estimate of drug-likeness (QED) is 0.735. The van der Waals surface area contributed by atoms with E-state index in [9.17, 15) is 8.78 Å². The van der Waals surface area contributed by atoms with Gasteiger partial charge in [-0.1, -0.05) is 24.3 Å². The van der Waals surface area contributed by atoms with Crippen LogP contribution in [0.1, 0.15) is 36.2 Å². The molecule has 6 heteroatoms. The lowest BCUT2D eigenvalue weighted by Crippen LogP contribution is -2.44. The average molecular weight is 326 g/mol. The van der Waals surface area contributed by atoms with Crippen molar-refractivity contribution in [3.8, 4) is 0 Å². The Bertz CT molecular complexity index is 986. The maximum Gasteiger partial charge on any atom is 0.297 e. The third-order valence-corrected chi connectivity index (χ3v) is 4.44. The Hall–Kier alpha value is -2.63. The molecule has 3 aromatic rings. The van der Waals surface area contributed by atoms with Crippen molar-refractivity contribution in [2.45, 2.75) is 32.2 Å². The van der Waals surface area contributed by atoms with Crippen molar-refractivity contribution in [2.75, 3.05) is 0 Å². The molecule has 122 valence electrons. The number of pyridine rings is 1. The number of nitrogens with one attached hydrogen (secondary N) is 1. The molecule has 1 N–H and O–H groups in total. The Balaban J connectivity index is 2.02. The van der Waals surface area contributed by atoms with E-state index in [4.69, 9.17) is 0 Å². The summed E-state index contributed by atoms with van der Waals surface area (Å²) in [5.74, 6) is -3.05. The van der Waals surface area contributed by atoms with Crippen LogP contribution in [0, 0.1) is 6.92 Å². The van der Waals surface area contributed by atoms with Gasteiger partial charge in [0.1, 0.15) is 16.7 Å². The van der Waals surface area contributed by atoms with E-state index >= 15 is 0 Å². The van der Waals surface area contributed by atoms with E-state index in [1.165, 1.54) is 19.9 Å². The Labute approximate surface area is 137 Å². The molecule has 0 amide bonds. The van der Waals surface area contributed by atoms with Gasteiger partial charge in [0, 0.05) is 17.3 Å². The topological polar surface area (TPSA) is 53.9 Å². The average Bonchev–Trinajstić information content (AvgIpc) is 2.94. The van der Waals surface area contributed by atoms with Crippen molar-refractivity contribution in [1.82, 2.24) is 15.2 Å². The maximum atomic E-state index is 14.8. The van der Waals surface area contributed by atoms with Crippen LogP contribution in [0.25, 0.3) is 11.0 Å². The number of rotatable bonds is 1. The van der Waals surface area contributed by atoms with Gasteiger partial charge in [-0.25, -0.2) is 0 Å². The van der Waals surface area contributed by atoms with Crippen LogP contribution < -0.4 is 0 Å². The lowest BCUT2D eigenvalue weighted by Gasteiger charge is -2.36. The predicted octanol–water partition coefficient (Wildman–Crippen LogP) is 3.99. The lowest BCUT2D eigenvalue weighted by molar-refractivity contribution is -0.0682. The smallest absolute Gasteiger partial charge is 0.275 e. The minimum atomic E-state index is -3.05. The number of H-pyrrole nitrogens is 1. The van der Waals surface area contributed by atoms with Gasteiger partial charge >= 0.3 is 0 Å². The van der Waals surface area contributed by atoms with Crippen LogP contribution in [0.3, 0.4) is 0 Å². The molecule has 2 aromatic heterocycles. The third-order valence-electron chi connectivity index (χ3n) is 4.44. The molecule has 4 nitrogen and oxygen atoms in total. The van der Waals surface area contributed by atoms with Crippen molar-refractivity contribution in [3.05, 3.63) is 58.9 Å². The molecule has 0 unspecified atom stereocenters. The number of aromatic nitrogens is 3. The fourth-order valence-electron chi connectivity index (χ4n) is 3.06. The highest BCUT2D eigenvalue weighted by Crippen LogP contribution is 2.46. The van der Waals surface area contributed by atoms with Crippen molar-refractivity contribution >= 4 is 16.7 Å². The number of halogens is 2. The Morgan fingerprint density at radius 1 is 1.12 bits per heavy atom. The molecular weight excluding hydrogens is 310 g/mol. The molecule has 1 aliphatic rings. The van der Waals surface area contributed by atoms with Crippen LogP contribution >= 0.6 is 0 Å². The van der Waals surface area contributed by atoms with Gasteiger partial charge in [0.25, 0.3) is 5.92 Å². The van der Waals surface area contributed by atoms with Crippen molar-refractivity contribution in [1.29, 1.82) is 0 Å². The fourth-order valence-corrected chi connectivity index (χ4v) is 3.06. The molecule has 0 fully saturated rings. The lowest BCUT2D eigenvalue weighted by atomic mass is 9.82. The Kier molecular flexibility index (Phi) is 2.92. The number of aromatic amines is 1. The molecule has 24 heavy (non-hydrogen) atoms. The van der Waals surface area contributed by atoms with Gasteiger partial charge in [0.15, 0.2) is 0 Å². The van der Waals surface area contributed by atoms with E-state index in [0.717, 1.165) is 11.1 Å². The number of benzene rings is 1. The Morgan fingerprint density at radius 2 is 1.88 bits per heavy atom. The van der Waals surface area contributed by atoms with E-state index in [1.807, 2.05) is 13.0 Å². The minimum absolute atomic E-state index is 0.0248. The van der Waals surface area contributed by atoms with E-state index < -0.39 is 11.5 Å². The van der Waals surface area contributed by atoms with E-state index in [-0.39, 0.29) is 5.56 Å².